The molecule has 0 radical (unpaired) electrons. The van der Waals surface area contributed by atoms with Crippen LogP contribution in [0.3, 0.4) is 0 Å². The Morgan fingerprint density at radius 1 is 1.07 bits per heavy atom. The van der Waals surface area contributed by atoms with E-state index >= 15 is 0 Å². The minimum Gasteiger partial charge on any atom is -0.381 e. The SMILES string of the molecule is CC(=O)Nc1ccc(S(=O)(=O)N2CCC[C@@H](Nc3ccc(F)c(F)c3)C2)cc1. The van der Waals surface area contributed by atoms with Crippen LogP contribution < -0.4 is 10.6 Å². The van der Waals surface area contributed by atoms with E-state index in [1.807, 2.05) is 0 Å². The Morgan fingerprint density at radius 3 is 2.39 bits per heavy atom. The van der Waals surface area contributed by atoms with E-state index in [-0.39, 0.29) is 23.4 Å². The number of amides is 1. The number of anilines is 2. The van der Waals surface area contributed by atoms with Gasteiger partial charge in [0.05, 0.1) is 4.90 Å². The van der Waals surface area contributed by atoms with Crippen molar-refractivity contribution < 1.29 is 22.0 Å². The van der Waals surface area contributed by atoms with Crippen molar-refractivity contribution in [1.82, 2.24) is 4.31 Å². The number of benzene rings is 2. The van der Waals surface area contributed by atoms with Gasteiger partial charge in [0.15, 0.2) is 11.6 Å². The number of nitrogens with one attached hydrogen (secondary N) is 2. The number of nitrogens with zero attached hydrogens (tertiary/aromatic N) is 1. The molecule has 28 heavy (non-hydrogen) atoms. The maximum absolute atomic E-state index is 13.4. The van der Waals surface area contributed by atoms with E-state index in [2.05, 4.69) is 10.6 Å². The molecule has 2 aromatic carbocycles. The summed E-state index contributed by atoms with van der Waals surface area (Å²) in [6, 6.07) is 9.28. The first-order valence-electron chi connectivity index (χ1n) is 8.85. The summed E-state index contributed by atoms with van der Waals surface area (Å²) >= 11 is 0. The summed E-state index contributed by atoms with van der Waals surface area (Å²) in [5, 5.41) is 5.66. The first-order chi connectivity index (χ1) is 13.3. The highest BCUT2D eigenvalue weighted by molar-refractivity contribution is 7.89. The van der Waals surface area contributed by atoms with Gasteiger partial charge in [-0.3, -0.25) is 4.79 Å². The number of hydrogen-bond donors (Lipinski definition) is 2. The lowest BCUT2D eigenvalue weighted by molar-refractivity contribution is -0.114. The van der Waals surface area contributed by atoms with E-state index in [4.69, 9.17) is 0 Å². The van der Waals surface area contributed by atoms with Crippen LogP contribution in [-0.4, -0.2) is 37.8 Å². The third-order valence-corrected chi connectivity index (χ3v) is 6.37. The van der Waals surface area contributed by atoms with Gasteiger partial charge in [0, 0.05) is 43.5 Å². The average Bonchev–Trinajstić information content (AvgIpc) is 2.65. The smallest absolute Gasteiger partial charge is 0.243 e. The lowest BCUT2D eigenvalue weighted by Crippen LogP contribution is -2.45. The Morgan fingerprint density at radius 2 is 1.75 bits per heavy atom. The number of piperidine rings is 1. The largest absolute Gasteiger partial charge is 0.381 e. The number of hydrogen-bond acceptors (Lipinski definition) is 4. The predicted molar refractivity (Wildman–Crippen MR) is 103 cm³/mol. The van der Waals surface area contributed by atoms with Gasteiger partial charge in [-0.25, -0.2) is 17.2 Å². The van der Waals surface area contributed by atoms with Crippen LogP contribution in [0.2, 0.25) is 0 Å². The quantitative estimate of drug-likeness (QED) is 0.795. The van der Waals surface area contributed by atoms with Crippen LogP contribution in [0, 0.1) is 11.6 Å². The number of carbonyl (C=O) groups excluding carboxylic acids is 1. The first-order valence-corrected chi connectivity index (χ1v) is 10.3. The summed E-state index contributed by atoms with van der Waals surface area (Å²) in [6.07, 6.45) is 1.36. The molecule has 1 fully saturated rings. The van der Waals surface area contributed by atoms with Crippen LogP contribution in [-0.2, 0) is 14.8 Å². The molecular formula is C19H21F2N3O3S. The van der Waals surface area contributed by atoms with Gasteiger partial charge in [-0.2, -0.15) is 4.31 Å². The van der Waals surface area contributed by atoms with Crippen LogP contribution in [0.25, 0.3) is 0 Å². The molecule has 1 aliphatic rings. The van der Waals surface area contributed by atoms with Gasteiger partial charge >= 0.3 is 0 Å². The molecule has 1 atom stereocenters. The van der Waals surface area contributed by atoms with Crippen molar-refractivity contribution in [2.75, 3.05) is 23.7 Å². The van der Waals surface area contributed by atoms with E-state index in [0.717, 1.165) is 12.1 Å². The number of sulfonamides is 1. The fourth-order valence-electron chi connectivity index (χ4n) is 3.16. The lowest BCUT2D eigenvalue weighted by atomic mass is 10.1. The average molecular weight is 409 g/mol. The Balaban J connectivity index is 1.71. The second kappa shape index (κ2) is 8.24. The van der Waals surface area contributed by atoms with Crippen LogP contribution >= 0.6 is 0 Å². The van der Waals surface area contributed by atoms with Gasteiger partial charge in [0.2, 0.25) is 15.9 Å². The number of carbonyl (C=O) groups is 1. The summed E-state index contributed by atoms with van der Waals surface area (Å²) in [6.45, 7) is 1.97. The van der Waals surface area contributed by atoms with Gasteiger partial charge in [-0.15, -0.1) is 0 Å². The Labute approximate surface area is 162 Å². The summed E-state index contributed by atoms with van der Waals surface area (Å²) in [7, 11) is -3.70. The third-order valence-electron chi connectivity index (χ3n) is 4.49. The van der Waals surface area contributed by atoms with Gasteiger partial charge in [0.25, 0.3) is 0 Å². The van der Waals surface area contributed by atoms with Crippen molar-refractivity contribution in [2.45, 2.75) is 30.7 Å². The second-order valence-electron chi connectivity index (χ2n) is 6.68. The predicted octanol–water partition coefficient (Wildman–Crippen LogP) is 3.19. The monoisotopic (exact) mass is 409 g/mol. The zero-order valence-electron chi connectivity index (χ0n) is 15.3. The van der Waals surface area contributed by atoms with Crippen molar-refractivity contribution in [3.63, 3.8) is 0 Å². The third kappa shape index (κ3) is 4.66. The lowest BCUT2D eigenvalue weighted by Gasteiger charge is -2.33. The molecule has 6 nitrogen and oxygen atoms in total. The van der Waals surface area contributed by atoms with Crippen molar-refractivity contribution in [3.8, 4) is 0 Å². The Kier molecular flexibility index (Phi) is 5.95. The summed E-state index contributed by atoms with van der Waals surface area (Å²) in [5.74, 6) is -2.12. The normalized spacial score (nSPS) is 17.9. The number of halogens is 2. The summed E-state index contributed by atoms with van der Waals surface area (Å²) < 4.78 is 53.7. The van der Waals surface area contributed by atoms with Crippen LogP contribution in [0.4, 0.5) is 20.2 Å². The van der Waals surface area contributed by atoms with E-state index in [1.54, 1.807) is 0 Å². The van der Waals surface area contributed by atoms with E-state index in [0.29, 0.717) is 30.8 Å². The molecular weight excluding hydrogens is 388 g/mol. The molecule has 0 saturated carbocycles. The van der Waals surface area contributed by atoms with Crippen molar-refractivity contribution in [3.05, 3.63) is 54.1 Å². The topological polar surface area (TPSA) is 78.5 Å². The molecule has 150 valence electrons. The number of rotatable bonds is 5. The van der Waals surface area contributed by atoms with Crippen molar-refractivity contribution in [2.24, 2.45) is 0 Å². The zero-order chi connectivity index (χ0) is 20.3. The van der Waals surface area contributed by atoms with Gasteiger partial charge in [-0.1, -0.05) is 0 Å². The fraction of sp³-hybridized carbons (Fsp3) is 0.316. The molecule has 1 saturated heterocycles. The summed E-state index contributed by atoms with van der Waals surface area (Å²) in [4.78, 5) is 11.2. The van der Waals surface area contributed by atoms with Gasteiger partial charge in [-0.05, 0) is 49.2 Å². The second-order valence-corrected chi connectivity index (χ2v) is 8.62. The van der Waals surface area contributed by atoms with E-state index in [9.17, 15) is 22.0 Å². The van der Waals surface area contributed by atoms with Gasteiger partial charge < -0.3 is 10.6 Å². The minimum atomic E-state index is -3.70. The highest BCUT2D eigenvalue weighted by Crippen LogP contribution is 2.24. The van der Waals surface area contributed by atoms with Gasteiger partial charge in [0.1, 0.15) is 0 Å². The summed E-state index contributed by atoms with van der Waals surface area (Å²) in [5.41, 5.74) is 0.922. The van der Waals surface area contributed by atoms with Crippen LogP contribution in [0.15, 0.2) is 47.4 Å². The highest BCUT2D eigenvalue weighted by atomic mass is 32.2. The van der Waals surface area contributed by atoms with Crippen LogP contribution in [0.5, 0.6) is 0 Å². The van der Waals surface area contributed by atoms with Crippen LogP contribution in [0.1, 0.15) is 19.8 Å². The molecule has 2 aromatic rings. The molecule has 0 aromatic heterocycles. The standard InChI is InChI=1S/C19H21F2N3O3S/c1-13(25)22-14-4-7-17(8-5-14)28(26,27)24-10-2-3-16(12-24)23-15-6-9-18(20)19(21)11-15/h4-9,11,16,23H,2-3,10,12H2,1H3,(H,22,25)/t16-/m1/s1. The molecule has 1 heterocycles. The van der Waals surface area contributed by atoms with Crippen molar-refractivity contribution in [1.29, 1.82) is 0 Å². The molecule has 0 spiro atoms. The molecule has 3 rings (SSSR count). The molecule has 0 bridgehead atoms. The molecule has 2 N–H and O–H groups in total. The minimum absolute atomic E-state index is 0.134. The Bertz CT molecular complexity index is 965. The molecule has 0 unspecified atom stereocenters. The van der Waals surface area contributed by atoms with Crippen molar-refractivity contribution >= 4 is 27.3 Å². The maximum Gasteiger partial charge on any atom is 0.243 e. The Hall–Kier alpha value is -2.52. The maximum atomic E-state index is 13.4. The first kappa shape index (κ1) is 20.2. The highest BCUT2D eigenvalue weighted by Gasteiger charge is 2.30. The van der Waals surface area contributed by atoms with E-state index < -0.39 is 21.7 Å². The van der Waals surface area contributed by atoms with E-state index in [1.165, 1.54) is 41.6 Å². The molecule has 9 heteroatoms. The molecule has 1 amide bonds. The molecule has 0 aliphatic carbocycles. The zero-order valence-corrected chi connectivity index (χ0v) is 16.1. The molecule has 1 aliphatic heterocycles. The fourth-order valence-corrected chi connectivity index (χ4v) is 4.69.